The molecule has 0 aliphatic heterocycles. The highest BCUT2D eigenvalue weighted by Gasteiger charge is 2.37. The maximum atomic E-state index is 13.3. The maximum Gasteiger partial charge on any atom is 0.252 e. The first-order valence-electron chi connectivity index (χ1n) is 6.74. The van der Waals surface area contributed by atoms with Crippen LogP contribution in [0.25, 0.3) is 10.9 Å². The molecular formula is C15H14F3N3O. The molecule has 22 heavy (non-hydrogen) atoms. The van der Waals surface area contributed by atoms with E-state index in [1.54, 1.807) is 12.3 Å². The molecule has 0 amide bonds. The molecular weight excluding hydrogens is 295 g/mol. The van der Waals surface area contributed by atoms with Gasteiger partial charge in [0, 0.05) is 23.5 Å². The van der Waals surface area contributed by atoms with Crippen LogP contribution >= 0.6 is 0 Å². The van der Waals surface area contributed by atoms with Crippen LogP contribution in [-0.4, -0.2) is 21.6 Å². The summed E-state index contributed by atoms with van der Waals surface area (Å²) in [6, 6.07) is 4.40. The van der Waals surface area contributed by atoms with Crippen molar-refractivity contribution >= 4 is 10.9 Å². The van der Waals surface area contributed by atoms with Crippen LogP contribution in [0.1, 0.15) is 31.1 Å². The number of H-pyrrole nitrogens is 1. The number of hydrogen-bond acceptors (Lipinski definition) is 3. The summed E-state index contributed by atoms with van der Waals surface area (Å²) in [5.74, 6) is -0.168. The average Bonchev–Trinajstić information content (AvgIpc) is 3.07. The number of halogens is 3. The summed E-state index contributed by atoms with van der Waals surface area (Å²) in [7, 11) is 0. The van der Waals surface area contributed by atoms with Crippen LogP contribution in [0.5, 0.6) is 0 Å². The van der Waals surface area contributed by atoms with Crippen molar-refractivity contribution in [2.24, 2.45) is 0 Å². The Bertz CT molecular complexity index is 807. The molecule has 0 atom stereocenters. The van der Waals surface area contributed by atoms with Gasteiger partial charge < -0.3 is 9.51 Å². The number of rotatable bonds is 4. The number of nitrogens with zero attached hydrogens (tertiary/aromatic N) is 2. The minimum atomic E-state index is -2.61. The van der Waals surface area contributed by atoms with Crippen molar-refractivity contribution in [1.82, 2.24) is 15.1 Å². The Hall–Kier alpha value is -2.31. The van der Waals surface area contributed by atoms with Crippen LogP contribution in [0.3, 0.4) is 0 Å². The van der Waals surface area contributed by atoms with E-state index in [0.29, 0.717) is 5.39 Å². The number of benzene rings is 1. The van der Waals surface area contributed by atoms with Gasteiger partial charge in [-0.3, -0.25) is 0 Å². The van der Waals surface area contributed by atoms with Gasteiger partial charge in [-0.15, -0.1) is 0 Å². The van der Waals surface area contributed by atoms with Crippen molar-refractivity contribution in [3.8, 4) is 0 Å². The van der Waals surface area contributed by atoms with Gasteiger partial charge in [0.15, 0.2) is 5.82 Å². The van der Waals surface area contributed by atoms with Crippen molar-refractivity contribution in [3.63, 3.8) is 0 Å². The number of hydrogen-bond donors (Lipinski definition) is 1. The zero-order valence-corrected chi connectivity index (χ0v) is 12.0. The molecule has 116 valence electrons. The van der Waals surface area contributed by atoms with E-state index in [0.717, 1.165) is 11.1 Å². The molecule has 3 aromatic rings. The summed E-state index contributed by atoms with van der Waals surface area (Å²) in [6.45, 7) is 2.69. The zero-order chi connectivity index (χ0) is 15.9. The summed E-state index contributed by atoms with van der Waals surface area (Å²) in [5, 5.41) is 4.45. The third-order valence-electron chi connectivity index (χ3n) is 3.64. The number of alkyl halides is 2. The highest BCUT2D eigenvalue weighted by Crippen LogP contribution is 2.29. The summed E-state index contributed by atoms with van der Waals surface area (Å²) in [6.07, 6.45) is -0.618. The number of nitrogens with one attached hydrogen (secondary N) is 1. The fraction of sp³-hybridized carbons (Fsp3) is 0.333. The van der Waals surface area contributed by atoms with Gasteiger partial charge in [0.05, 0.1) is 0 Å². The molecule has 0 spiro atoms. The quantitative estimate of drug-likeness (QED) is 0.797. The highest BCUT2D eigenvalue weighted by atomic mass is 19.3. The Labute approximate surface area is 124 Å². The normalized spacial score (nSPS) is 12.5. The largest absolute Gasteiger partial charge is 0.361 e. The first-order valence-corrected chi connectivity index (χ1v) is 6.74. The standard InChI is InChI=1S/C15H14F3N3O/c1-15(2,13(17)18)14-20-12(21-22-14)5-8-7-19-11-4-3-9(16)6-10(8)11/h3-4,6-7,13,19H,5H2,1-2H3. The molecule has 1 N–H and O–H groups in total. The second kappa shape index (κ2) is 5.15. The molecule has 1 aromatic carbocycles. The van der Waals surface area contributed by atoms with Gasteiger partial charge in [-0.1, -0.05) is 5.16 Å². The van der Waals surface area contributed by atoms with Crippen LogP contribution in [0, 0.1) is 5.82 Å². The van der Waals surface area contributed by atoms with Crippen molar-refractivity contribution in [3.05, 3.63) is 47.5 Å². The first-order chi connectivity index (χ1) is 10.4. The highest BCUT2D eigenvalue weighted by molar-refractivity contribution is 5.83. The molecule has 0 unspecified atom stereocenters. The van der Waals surface area contributed by atoms with Crippen LogP contribution in [0.4, 0.5) is 13.2 Å². The van der Waals surface area contributed by atoms with Gasteiger partial charge in [-0.25, -0.2) is 13.2 Å². The lowest BCUT2D eigenvalue weighted by Crippen LogP contribution is -2.27. The minimum Gasteiger partial charge on any atom is -0.361 e. The Morgan fingerprint density at radius 1 is 1.32 bits per heavy atom. The second-order valence-corrected chi connectivity index (χ2v) is 5.72. The Kier molecular flexibility index (Phi) is 3.42. The summed E-state index contributed by atoms with van der Waals surface area (Å²) < 4.78 is 44.2. The van der Waals surface area contributed by atoms with E-state index in [-0.39, 0.29) is 24.0 Å². The lowest BCUT2D eigenvalue weighted by atomic mass is 9.94. The maximum absolute atomic E-state index is 13.3. The molecule has 0 saturated heterocycles. The topological polar surface area (TPSA) is 54.7 Å². The SMILES string of the molecule is CC(C)(c1nc(Cc2c[nH]c3ccc(F)cc23)no1)C(F)F. The van der Waals surface area contributed by atoms with Gasteiger partial charge in [0.25, 0.3) is 6.43 Å². The van der Waals surface area contributed by atoms with E-state index < -0.39 is 11.8 Å². The molecule has 0 bridgehead atoms. The van der Waals surface area contributed by atoms with E-state index in [2.05, 4.69) is 15.1 Å². The van der Waals surface area contributed by atoms with E-state index in [4.69, 9.17) is 4.52 Å². The van der Waals surface area contributed by atoms with Gasteiger partial charge >= 0.3 is 0 Å². The summed E-state index contributed by atoms with van der Waals surface area (Å²) >= 11 is 0. The third kappa shape index (κ3) is 2.47. The van der Waals surface area contributed by atoms with Crippen molar-refractivity contribution in [2.45, 2.75) is 32.1 Å². The number of aromatic amines is 1. The lowest BCUT2D eigenvalue weighted by molar-refractivity contribution is 0.0505. The molecule has 3 rings (SSSR count). The van der Waals surface area contributed by atoms with Gasteiger partial charge in [0.2, 0.25) is 5.89 Å². The van der Waals surface area contributed by atoms with Crippen LogP contribution in [0.15, 0.2) is 28.9 Å². The molecule has 2 heterocycles. The van der Waals surface area contributed by atoms with E-state index >= 15 is 0 Å². The predicted octanol–water partition coefficient (Wildman–Crippen LogP) is 3.82. The number of aromatic nitrogens is 3. The molecule has 0 aliphatic carbocycles. The Morgan fingerprint density at radius 3 is 2.82 bits per heavy atom. The molecule has 0 saturated carbocycles. The van der Waals surface area contributed by atoms with Gasteiger partial charge in [-0.05, 0) is 37.6 Å². The fourth-order valence-electron chi connectivity index (χ4n) is 2.15. The molecule has 7 heteroatoms. The Balaban J connectivity index is 1.90. The zero-order valence-electron chi connectivity index (χ0n) is 12.0. The van der Waals surface area contributed by atoms with Crippen molar-refractivity contribution < 1.29 is 17.7 Å². The smallest absolute Gasteiger partial charge is 0.252 e. The van der Waals surface area contributed by atoms with Crippen LogP contribution in [-0.2, 0) is 11.8 Å². The first kappa shape index (κ1) is 14.6. The average molecular weight is 309 g/mol. The fourth-order valence-corrected chi connectivity index (χ4v) is 2.15. The second-order valence-electron chi connectivity index (χ2n) is 5.72. The number of fused-ring (bicyclic) bond motifs is 1. The summed E-state index contributed by atoms with van der Waals surface area (Å²) in [4.78, 5) is 7.06. The summed E-state index contributed by atoms with van der Waals surface area (Å²) in [5.41, 5.74) is 0.0575. The third-order valence-corrected chi connectivity index (χ3v) is 3.64. The monoisotopic (exact) mass is 309 g/mol. The Morgan fingerprint density at radius 2 is 2.09 bits per heavy atom. The van der Waals surface area contributed by atoms with Gasteiger partial charge in [0.1, 0.15) is 11.2 Å². The van der Waals surface area contributed by atoms with E-state index in [1.165, 1.54) is 26.0 Å². The predicted molar refractivity (Wildman–Crippen MR) is 74.4 cm³/mol. The van der Waals surface area contributed by atoms with Crippen LogP contribution in [0.2, 0.25) is 0 Å². The van der Waals surface area contributed by atoms with E-state index in [9.17, 15) is 13.2 Å². The van der Waals surface area contributed by atoms with Crippen molar-refractivity contribution in [2.75, 3.05) is 0 Å². The molecule has 2 aromatic heterocycles. The molecule has 0 aliphatic rings. The molecule has 4 nitrogen and oxygen atoms in total. The van der Waals surface area contributed by atoms with Gasteiger partial charge in [-0.2, -0.15) is 4.98 Å². The van der Waals surface area contributed by atoms with E-state index in [1.807, 2.05) is 0 Å². The minimum absolute atomic E-state index is 0.108. The van der Waals surface area contributed by atoms with Crippen LogP contribution < -0.4 is 0 Å². The van der Waals surface area contributed by atoms with Crippen molar-refractivity contribution in [1.29, 1.82) is 0 Å². The lowest BCUT2D eigenvalue weighted by Gasteiger charge is -2.17. The molecule has 0 radical (unpaired) electrons. The molecule has 0 fully saturated rings.